The van der Waals surface area contributed by atoms with E-state index in [-0.39, 0.29) is 0 Å². The van der Waals surface area contributed by atoms with Gasteiger partial charge in [0.25, 0.3) is 0 Å². The molecule has 0 amide bonds. The van der Waals surface area contributed by atoms with Gasteiger partial charge in [-0.25, -0.2) is 4.99 Å². The second-order valence-corrected chi connectivity index (χ2v) is 6.68. The van der Waals surface area contributed by atoms with Gasteiger partial charge >= 0.3 is 0 Å². The number of hydrogen-bond donors (Lipinski definition) is 1. The van der Waals surface area contributed by atoms with Gasteiger partial charge in [-0.2, -0.15) is 0 Å². The molecule has 0 saturated carbocycles. The Labute approximate surface area is 157 Å². The molecule has 2 N–H and O–H groups in total. The summed E-state index contributed by atoms with van der Waals surface area (Å²) in [5.74, 6) is 1.33. The number of anilines is 1. The Morgan fingerprint density at radius 1 is 0.926 bits per heavy atom. The molecule has 0 aliphatic carbocycles. The van der Waals surface area contributed by atoms with Crippen LogP contribution in [0.4, 0.5) is 11.4 Å². The highest BCUT2D eigenvalue weighted by atomic mass is 16.5. The van der Waals surface area contributed by atoms with E-state index in [1.807, 2.05) is 36.4 Å². The van der Waals surface area contributed by atoms with Crippen molar-refractivity contribution in [3.8, 4) is 5.75 Å². The third-order valence-corrected chi connectivity index (χ3v) is 5.18. The van der Waals surface area contributed by atoms with E-state index in [9.17, 15) is 0 Å². The number of hydrogen-bond acceptors (Lipinski definition) is 2. The summed E-state index contributed by atoms with van der Waals surface area (Å²) in [5, 5.41) is 4.54. The van der Waals surface area contributed by atoms with Gasteiger partial charge in [0.05, 0.1) is 25.0 Å². The topological polar surface area (TPSA) is 50.9 Å². The zero-order valence-electron chi connectivity index (χ0n) is 15.0. The highest BCUT2D eigenvalue weighted by Gasteiger charge is 2.23. The largest absolute Gasteiger partial charge is 0.496 e. The molecule has 0 aromatic heterocycles. The van der Waals surface area contributed by atoms with Crippen molar-refractivity contribution >= 4 is 38.9 Å². The van der Waals surface area contributed by atoms with Crippen molar-refractivity contribution in [3.63, 3.8) is 0 Å². The number of fused-ring (bicyclic) bond motifs is 1. The summed E-state index contributed by atoms with van der Waals surface area (Å²) in [7, 11) is 1.68. The van der Waals surface area contributed by atoms with Crippen LogP contribution >= 0.6 is 0 Å². The normalized spacial score (nSPS) is 13.5. The van der Waals surface area contributed by atoms with Crippen LogP contribution in [-0.2, 0) is 6.54 Å². The number of methoxy groups -OCH3 is 1. The molecule has 0 radical (unpaired) electrons. The van der Waals surface area contributed by atoms with Crippen LogP contribution in [0.25, 0.3) is 21.5 Å². The summed E-state index contributed by atoms with van der Waals surface area (Å²) in [6.45, 7) is 0.736. The number of ether oxygens (including phenoxy) is 1. The Morgan fingerprint density at radius 3 is 2.52 bits per heavy atom. The standard InChI is InChI=1S/C23H19N3O/c1-27-21-13-12-19(17-9-2-3-10-18(17)21)25-23(24)26-14-16-8-4-6-15-7-5-11-20(26)22(15)16/h2-13H,14H2,1H3,(H2,24,25). The Balaban J connectivity index is 1.62. The lowest BCUT2D eigenvalue weighted by Crippen LogP contribution is -2.34. The minimum atomic E-state index is 0.494. The fourth-order valence-corrected chi connectivity index (χ4v) is 3.93. The second kappa shape index (κ2) is 6.02. The molecule has 0 fully saturated rings. The molecule has 1 aliphatic rings. The van der Waals surface area contributed by atoms with Crippen molar-refractivity contribution in [2.45, 2.75) is 6.54 Å². The lowest BCUT2D eigenvalue weighted by atomic mass is 10.1. The number of nitrogens with two attached hydrogens (primary N) is 1. The summed E-state index contributed by atoms with van der Waals surface area (Å²) in [6, 6.07) is 24.7. The molecule has 132 valence electrons. The predicted octanol–water partition coefficient (Wildman–Crippen LogP) is 4.97. The number of guanidine groups is 1. The van der Waals surface area contributed by atoms with Crippen LogP contribution < -0.4 is 15.4 Å². The molecular formula is C23H19N3O. The third kappa shape index (κ3) is 2.41. The zero-order chi connectivity index (χ0) is 18.4. The van der Waals surface area contributed by atoms with Crippen molar-refractivity contribution in [1.29, 1.82) is 0 Å². The lowest BCUT2D eigenvalue weighted by molar-refractivity contribution is 0.420. The Hall–Kier alpha value is -3.53. The van der Waals surface area contributed by atoms with Crippen LogP contribution in [0.3, 0.4) is 0 Å². The average molecular weight is 353 g/mol. The van der Waals surface area contributed by atoms with Crippen LogP contribution in [0.5, 0.6) is 5.75 Å². The van der Waals surface area contributed by atoms with Gasteiger partial charge in [0.15, 0.2) is 0 Å². The van der Waals surface area contributed by atoms with Gasteiger partial charge in [0.1, 0.15) is 5.75 Å². The first kappa shape index (κ1) is 15.7. The maximum Gasteiger partial charge on any atom is 0.201 e. The maximum atomic E-state index is 6.47. The van der Waals surface area contributed by atoms with E-state index in [1.165, 1.54) is 16.3 Å². The maximum absolute atomic E-state index is 6.47. The predicted molar refractivity (Wildman–Crippen MR) is 112 cm³/mol. The van der Waals surface area contributed by atoms with Crippen LogP contribution in [0.2, 0.25) is 0 Å². The lowest BCUT2D eigenvalue weighted by Gasteiger charge is -2.19. The van der Waals surface area contributed by atoms with Gasteiger partial charge in [-0.05, 0) is 29.1 Å². The number of nitrogens with zero attached hydrogens (tertiary/aromatic N) is 2. The molecule has 27 heavy (non-hydrogen) atoms. The minimum Gasteiger partial charge on any atom is -0.496 e. The number of benzene rings is 4. The first-order chi connectivity index (χ1) is 13.3. The first-order valence-electron chi connectivity index (χ1n) is 8.94. The molecular weight excluding hydrogens is 334 g/mol. The summed E-state index contributed by atoms with van der Waals surface area (Å²) in [6.07, 6.45) is 0. The van der Waals surface area contributed by atoms with E-state index in [0.29, 0.717) is 5.96 Å². The molecule has 1 aliphatic heterocycles. The summed E-state index contributed by atoms with van der Waals surface area (Å²) in [5.41, 5.74) is 9.70. The van der Waals surface area contributed by atoms with Crippen molar-refractivity contribution in [2.75, 3.05) is 12.0 Å². The molecule has 0 spiro atoms. The Kier molecular flexibility index (Phi) is 3.50. The van der Waals surface area contributed by atoms with Crippen molar-refractivity contribution < 1.29 is 4.74 Å². The van der Waals surface area contributed by atoms with Gasteiger partial charge in [-0.3, -0.25) is 0 Å². The van der Waals surface area contributed by atoms with Gasteiger partial charge < -0.3 is 15.4 Å². The molecule has 4 heteroatoms. The van der Waals surface area contributed by atoms with Crippen LogP contribution in [0.1, 0.15) is 5.56 Å². The van der Waals surface area contributed by atoms with Crippen LogP contribution in [-0.4, -0.2) is 13.1 Å². The number of rotatable bonds is 2. The molecule has 0 bridgehead atoms. The molecule has 4 aromatic rings. The molecule has 1 heterocycles. The quantitative estimate of drug-likeness (QED) is 0.409. The zero-order valence-corrected chi connectivity index (χ0v) is 15.0. The summed E-state index contributed by atoms with van der Waals surface area (Å²) in [4.78, 5) is 6.86. The summed E-state index contributed by atoms with van der Waals surface area (Å²) < 4.78 is 5.48. The fourth-order valence-electron chi connectivity index (χ4n) is 3.93. The molecule has 5 rings (SSSR count). The molecule has 4 nitrogen and oxygen atoms in total. The highest BCUT2D eigenvalue weighted by molar-refractivity contribution is 6.10. The second-order valence-electron chi connectivity index (χ2n) is 6.68. The molecule has 0 unspecified atom stereocenters. The van der Waals surface area contributed by atoms with E-state index in [2.05, 4.69) is 41.3 Å². The monoisotopic (exact) mass is 353 g/mol. The first-order valence-corrected chi connectivity index (χ1v) is 8.94. The van der Waals surface area contributed by atoms with Gasteiger partial charge in [-0.15, -0.1) is 0 Å². The number of aliphatic imine (C=N–C) groups is 1. The van der Waals surface area contributed by atoms with Crippen molar-refractivity contribution in [3.05, 3.63) is 78.4 Å². The minimum absolute atomic E-state index is 0.494. The Morgan fingerprint density at radius 2 is 1.70 bits per heavy atom. The van der Waals surface area contributed by atoms with E-state index < -0.39 is 0 Å². The molecule has 4 aromatic carbocycles. The molecule has 0 atom stereocenters. The van der Waals surface area contributed by atoms with Gasteiger partial charge in [0.2, 0.25) is 5.96 Å². The highest BCUT2D eigenvalue weighted by Crippen LogP contribution is 2.38. The van der Waals surface area contributed by atoms with Crippen LogP contribution in [0.15, 0.2) is 77.8 Å². The SMILES string of the molecule is COc1ccc(N=C(N)N2Cc3cccc4cccc2c34)c2ccccc12. The van der Waals surface area contributed by atoms with Gasteiger partial charge in [-0.1, -0.05) is 54.6 Å². The summed E-state index contributed by atoms with van der Waals surface area (Å²) >= 11 is 0. The van der Waals surface area contributed by atoms with Crippen LogP contribution in [0, 0.1) is 0 Å². The molecule has 0 saturated heterocycles. The van der Waals surface area contributed by atoms with E-state index in [0.717, 1.165) is 34.4 Å². The Bertz CT molecular complexity index is 1210. The van der Waals surface area contributed by atoms with Gasteiger partial charge in [0, 0.05) is 16.2 Å². The average Bonchev–Trinajstić information content (AvgIpc) is 3.09. The van der Waals surface area contributed by atoms with E-state index in [4.69, 9.17) is 15.5 Å². The third-order valence-electron chi connectivity index (χ3n) is 5.18. The van der Waals surface area contributed by atoms with E-state index >= 15 is 0 Å². The smallest absolute Gasteiger partial charge is 0.201 e. The fraction of sp³-hybridized carbons (Fsp3) is 0.0870. The van der Waals surface area contributed by atoms with Crippen molar-refractivity contribution in [1.82, 2.24) is 0 Å². The van der Waals surface area contributed by atoms with Crippen molar-refractivity contribution in [2.24, 2.45) is 10.7 Å². The van der Waals surface area contributed by atoms with E-state index in [1.54, 1.807) is 7.11 Å².